The Balaban J connectivity index is 1.81. The van der Waals surface area contributed by atoms with E-state index in [1.165, 1.54) is 18.2 Å². The fraction of sp³-hybridized carbons (Fsp3) is 0.167. The maximum atomic E-state index is 13.0. The van der Waals surface area contributed by atoms with Crippen LogP contribution in [0.25, 0.3) is 10.9 Å². The number of rotatable bonds is 3. The molecule has 3 aromatic rings. The summed E-state index contributed by atoms with van der Waals surface area (Å²) in [7, 11) is 0. The number of nitrogens with zero attached hydrogens (tertiary/aromatic N) is 1. The first kappa shape index (κ1) is 16.1. The summed E-state index contributed by atoms with van der Waals surface area (Å²) >= 11 is 0. The molecule has 0 atom stereocenters. The molecule has 0 saturated carbocycles. The molecule has 0 bridgehead atoms. The highest BCUT2D eigenvalue weighted by atomic mass is 19.4. The highest BCUT2D eigenvalue weighted by molar-refractivity contribution is 5.92. The number of alkyl halides is 3. The smallest absolute Gasteiger partial charge is 0.338 e. The van der Waals surface area contributed by atoms with Gasteiger partial charge in [-0.2, -0.15) is 13.2 Å². The van der Waals surface area contributed by atoms with Crippen LogP contribution in [-0.2, 0) is 17.5 Å². The molecular weight excluding hydrogens is 317 g/mol. The van der Waals surface area contributed by atoms with E-state index >= 15 is 0 Å². The van der Waals surface area contributed by atoms with E-state index in [4.69, 9.17) is 0 Å². The van der Waals surface area contributed by atoms with Gasteiger partial charge in [-0.3, -0.25) is 4.79 Å². The molecule has 24 heavy (non-hydrogen) atoms. The van der Waals surface area contributed by atoms with Gasteiger partial charge in [-0.1, -0.05) is 23.8 Å². The van der Waals surface area contributed by atoms with Crippen molar-refractivity contribution in [2.24, 2.45) is 0 Å². The van der Waals surface area contributed by atoms with Crippen molar-refractivity contribution < 1.29 is 18.0 Å². The summed E-state index contributed by atoms with van der Waals surface area (Å²) in [6.45, 7) is 1.91. The van der Waals surface area contributed by atoms with E-state index in [1.54, 1.807) is 10.8 Å². The van der Waals surface area contributed by atoms with Crippen LogP contribution in [0, 0.1) is 6.92 Å². The van der Waals surface area contributed by atoms with Gasteiger partial charge in [0.25, 0.3) is 0 Å². The first-order valence-electron chi connectivity index (χ1n) is 7.36. The zero-order valence-electron chi connectivity index (χ0n) is 12.9. The summed E-state index contributed by atoms with van der Waals surface area (Å²) in [4.78, 5) is 12.2. The average molecular weight is 332 g/mol. The van der Waals surface area contributed by atoms with E-state index in [0.717, 1.165) is 22.5 Å². The van der Waals surface area contributed by atoms with E-state index in [0.29, 0.717) is 0 Å². The van der Waals surface area contributed by atoms with Gasteiger partial charge in [0.1, 0.15) is 6.54 Å². The first-order chi connectivity index (χ1) is 11.3. The van der Waals surface area contributed by atoms with E-state index in [2.05, 4.69) is 5.32 Å². The first-order valence-corrected chi connectivity index (χ1v) is 7.36. The zero-order valence-corrected chi connectivity index (χ0v) is 12.9. The molecule has 0 aliphatic carbocycles. The topological polar surface area (TPSA) is 34.0 Å². The third kappa shape index (κ3) is 3.27. The average Bonchev–Trinajstić information content (AvgIpc) is 2.88. The Morgan fingerprint density at radius 3 is 2.62 bits per heavy atom. The van der Waals surface area contributed by atoms with Crippen molar-refractivity contribution in [2.45, 2.75) is 19.6 Å². The number of carbonyl (C=O) groups is 1. The number of benzene rings is 2. The van der Waals surface area contributed by atoms with Crippen molar-refractivity contribution in [1.82, 2.24) is 4.57 Å². The lowest BCUT2D eigenvalue weighted by molar-refractivity contribution is -0.137. The third-order valence-corrected chi connectivity index (χ3v) is 3.75. The number of halogens is 3. The van der Waals surface area contributed by atoms with E-state index in [-0.39, 0.29) is 12.2 Å². The molecule has 6 heteroatoms. The molecule has 0 aliphatic heterocycles. The van der Waals surface area contributed by atoms with Crippen LogP contribution >= 0.6 is 0 Å². The number of aromatic nitrogens is 1. The van der Waals surface area contributed by atoms with Crippen molar-refractivity contribution in [3.8, 4) is 0 Å². The fourth-order valence-corrected chi connectivity index (χ4v) is 2.64. The summed E-state index contributed by atoms with van der Waals surface area (Å²) in [5.41, 5.74) is 0.873. The second kappa shape index (κ2) is 6.03. The van der Waals surface area contributed by atoms with Gasteiger partial charge in [0.15, 0.2) is 0 Å². The minimum absolute atomic E-state index is 0.0568. The molecule has 124 valence electrons. The lowest BCUT2D eigenvalue weighted by Gasteiger charge is -2.14. The van der Waals surface area contributed by atoms with Crippen molar-refractivity contribution >= 4 is 22.5 Å². The van der Waals surface area contributed by atoms with Gasteiger partial charge in [0.2, 0.25) is 5.91 Å². The highest BCUT2D eigenvalue weighted by Gasteiger charge is 2.33. The highest BCUT2D eigenvalue weighted by Crippen LogP contribution is 2.34. The van der Waals surface area contributed by atoms with Crippen LogP contribution in [0.3, 0.4) is 0 Å². The maximum absolute atomic E-state index is 13.0. The molecule has 0 saturated heterocycles. The molecule has 0 aliphatic rings. The number of anilines is 1. The molecule has 2 aromatic carbocycles. The number of fused-ring (bicyclic) bond motifs is 1. The van der Waals surface area contributed by atoms with Crippen LogP contribution in [0.2, 0.25) is 0 Å². The summed E-state index contributed by atoms with van der Waals surface area (Å²) in [6.07, 6.45) is -2.76. The van der Waals surface area contributed by atoms with Crippen LogP contribution in [0.5, 0.6) is 0 Å². The molecule has 3 rings (SSSR count). The molecule has 1 N–H and O–H groups in total. The summed E-state index contributed by atoms with van der Waals surface area (Å²) in [5.74, 6) is -0.509. The van der Waals surface area contributed by atoms with Gasteiger partial charge in [-0.05, 0) is 42.6 Å². The predicted molar refractivity (Wildman–Crippen MR) is 86.7 cm³/mol. The van der Waals surface area contributed by atoms with Crippen LogP contribution < -0.4 is 5.32 Å². The molecule has 0 spiro atoms. The molecule has 1 aromatic heterocycles. The van der Waals surface area contributed by atoms with Crippen molar-refractivity contribution in [1.29, 1.82) is 0 Å². The van der Waals surface area contributed by atoms with Crippen molar-refractivity contribution in [2.75, 3.05) is 5.32 Å². The normalized spacial score (nSPS) is 11.7. The van der Waals surface area contributed by atoms with E-state index < -0.39 is 17.6 Å². The number of para-hydroxylation sites is 1. The SMILES string of the molecule is Cc1ccc2c(ccn2CC(=O)Nc2ccccc2C(F)(F)F)c1. The molecule has 0 radical (unpaired) electrons. The lowest BCUT2D eigenvalue weighted by Crippen LogP contribution is -2.20. The molecule has 3 nitrogen and oxygen atoms in total. The van der Waals surface area contributed by atoms with Crippen LogP contribution in [0.15, 0.2) is 54.7 Å². The number of amides is 1. The largest absolute Gasteiger partial charge is 0.418 e. The summed E-state index contributed by atoms with van der Waals surface area (Å²) in [6, 6.07) is 12.6. The van der Waals surface area contributed by atoms with Gasteiger partial charge < -0.3 is 9.88 Å². The van der Waals surface area contributed by atoms with Gasteiger partial charge in [0, 0.05) is 11.7 Å². The molecule has 1 heterocycles. The molecule has 0 unspecified atom stereocenters. The van der Waals surface area contributed by atoms with Gasteiger partial charge in [-0.15, -0.1) is 0 Å². The Morgan fingerprint density at radius 1 is 1.12 bits per heavy atom. The summed E-state index contributed by atoms with van der Waals surface area (Å²) < 4.78 is 40.6. The monoisotopic (exact) mass is 332 g/mol. The van der Waals surface area contributed by atoms with Gasteiger partial charge >= 0.3 is 6.18 Å². The second-order valence-electron chi connectivity index (χ2n) is 5.60. The Morgan fingerprint density at radius 2 is 1.88 bits per heavy atom. The van der Waals surface area contributed by atoms with Crippen molar-refractivity contribution in [3.63, 3.8) is 0 Å². The quantitative estimate of drug-likeness (QED) is 0.747. The second-order valence-corrected chi connectivity index (χ2v) is 5.60. The molecule has 0 fully saturated rings. The number of aryl methyl sites for hydroxylation is 1. The number of hydrogen-bond donors (Lipinski definition) is 1. The predicted octanol–water partition coefficient (Wildman–Crippen LogP) is 4.61. The van der Waals surface area contributed by atoms with E-state index in [1.807, 2.05) is 31.2 Å². The Hall–Kier alpha value is -2.76. The van der Waals surface area contributed by atoms with Crippen LogP contribution in [0.1, 0.15) is 11.1 Å². The Kier molecular flexibility index (Phi) is 4.05. The van der Waals surface area contributed by atoms with Crippen LogP contribution in [0.4, 0.5) is 18.9 Å². The molecular formula is C18H15F3N2O. The maximum Gasteiger partial charge on any atom is 0.418 e. The fourth-order valence-electron chi connectivity index (χ4n) is 2.64. The minimum Gasteiger partial charge on any atom is -0.338 e. The minimum atomic E-state index is -4.51. The van der Waals surface area contributed by atoms with Crippen molar-refractivity contribution in [3.05, 3.63) is 65.9 Å². The standard InChI is InChI=1S/C18H15F3N2O/c1-12-6-7-16-13(10-12)8-9-23(16)11-17(24)22-15-5-3-2-4-14(15)18(19,20)21/h2-10H,11H2,1H3,(H,22,24). The Bertz CT molecular complexity index is 897. The number of nitrogens with one attached hydrogen (secondary N) is 1. The van der Waals surface area contributed by atoms with Gasteiger partial charge in [0.05, 0.1) is 11.3 Å². The summed E-state index contributed by atoms with van der Waals surface area (Å²) in [5, 5.41) is 3.34. The lowest BCUT2D eigenvalue weighted by atomic mass is 10.1. The van der Waals surface area contributed by atoms with E-state index in [9.17, 15) is 18.0 Å². The number of hydrogen-bond acceptors (Lipinski definition) is 1. The van der Waals surface area contributed by atoms with Gasteiger partial charge in [-0.25, -0.2) is 0 Å². The Labute approximate surface area is 136 Å². The molecule has 1 amide bonds. The number of carbonyl (C=O) groups excluding carboxylic acids is 1. The zero-order chi connectivity index (χ0) is 17.3. The van der Waals surface area contributed by atoms with Crippen LogP contribution in [-0.4, -0.2) is 10.5 Å². The third-order valence-electron chi connectivity index (χ3n) is 3.75.